The summed E-state index contributed by atoms with van der Waals surface area (Å²) in [7, 11) is 0. The van der Waals surface area contributed by atoms with Crippen LogP contribution < -0.4 is 4.90 Å². The van der Waals surface area contributed by atoms with Crippen LogP contribution in [0.5, 0.6) is 0 Å². The summed E-state index contributed by atoms with van der Waals surface area (Å²) in [6, 6.07) is 4.28. The van der Waals surface area contributed by atoms with Crippen LogP contribution in [0.4, 0.5) is 18.9 Å². The predicted octanol–water partition coefficient (Wildman–Crippen LogP) is 3.64. The van der Waals surface area contributed by atoms with Gasteiger partial charge in [-0.05, 0) is 37.6 Å². The SMILES string of the molecule is FC(F)(F)c1cc(Cl)cc(N2CCN3CCCC3C2)c1. The minimum Gasteiger partial charge on any atom is -0.369 e. The van der Waals surface area contributed by atoms with Gasteiger partial charge in [0, 0.05) is 36.4 Å². The van der Waals surface area contributed by atoms with E-state index in [4.69, 9.17) is 11.6 Å². The van der Waals surface area contributed by atoms with E-state index in [9.17, 15) is 13.2 Å². The lowest BCUT2D eigenvalue weighted by Crippen LogP contribution is -2.50. The molecule has 0 N–H and O–H groups in total. The molecule has 2 aliphatic rings. The first kappa shape index (κ1) is 14.0. The van der Waals surface area contributed by atoms with Gasteiger partial charge in [0.05, 0.1) is 5.56 Å². The Balaban J connectivity index is 1.85. The Hall–Kier alpha value is -0.940. The molecule has 3 rings (SSSR count). The van der Waals surface area contributed by atoms with Crippen molar-refractivity contribution in [2.75, 3.05) is 31.1 Å². The molecule has 20 heavy (non-hydrogen) atoms. The number of nitrogens with zero attached hydrogens (tertiary/aromatic N) is 2. The van der Waals surface area contributed by atoms with Gasteiger partial charge in [-0.25, -0.2) is 0 Å². The third kappa shape index (κ3) is 2.74. The summed E-state index contributed by atoms with van der Waals surface area (Å²) < 4.78 is 38.5. The van der Waals surface area contributed by atoms with E-state index in [0.717, 1.165) is 38.7 Å². The van der Waals surface area contributed by atoms with Crippen LogP contribution in [0.2, 0.25) is 5.02 Å². The van der Waals surface area contributed by atoms with Crippen molar-refractivity contribution >= 4 is 17.3 Å². The molecule has 0 amide bonds. The van der Waals surface area contributed by atoms with Gasteiger partial charge in [-0.1, -0.05) is 11.6 Å². The summed E-state index contributed by atoms with van der Waals surface area (Å²) in [4.78, 5) is 4.44. The van der Waals surface area contributed by atoms with Crippen LogP contribution in [0.1, 0.15) is 18.4 Å². The number of halogens is 4. The summed E-state index contributed by atoms with van der Waals surface area (Å²) in [6.45, 7) is 3.58. The van der Waals surface area contributed by atoms with Gasteiger partial charge in [0.25, 0.3) is 0 Å². The van der Waals surface area contributed by atoms with Crippen molar-refractivity contribution in [3.05, 3.63) is 28.8 Å². The number of benzene rings is 1. The fourth-order valence-electron chi connectivity index (χ4n) is 3.15. The summed E-state index contributed by atoms with van der Waals surface area (Å²) >= 11 is 5.85. The van der Waals surface area contributed by atoms with E-state index in [1.807, 2.05) is 4.90 Å². The fourth-order valence-corrected chi connectivity index (χ4v) is 3.38. The third-order valence-electron chi connectivity index (χ3n) is 4.16. The minimum atomic E-state index is -4.35. The zero-order chi connectivity index (χ0) is 14.3. The zero-order valence-electron chi connectivity index (χ0n) is 11.0. The van der Waals surface area contributed by atoms with Crippen LogP contribution >= 0.6 is 11.6 Å². The maximum Gasteiger partial charge on any atom is 0.416 e. The largest absolute Gasteiger partial charge is 0.416 e. The van der Waals surface area contributed by atoms with E-state index in [1.54, 1.807) is 6.07 Å². The van der Waals surface area contributed by atoms with Crippen molar-refractivity contribution in [3.63, 3.8) is 0 Å². The van der Waals surface area contributed by atoms with Crippen molar-refractivity contribution in [1.82, 2.24) is 4.90 Å². The monoisotopic (exact) mass is 304 g/mol. The normalized spacial score (nSPS) is 24.0. The molecule has 2 nitrogen and oxygen atoms in total. The summed E-state index contributed by atoms with van der Waals surface area (Å²) in [5.74, 6) is 0. The second-order valence-corrected chi connectivity index (χ2v) is 5.91. The Kier molecular flexibility index (Phi) is 3.58. The minimum absolute atomic E-state index is 0.142. The number of hydrogen-bond acceptors (Lipinski definition) is 2. The number of fused-ring (bicyclic) bond motifs is 1. The van der Waals surface area contributed by atoms with Crippen molar-refractivity contribution in [1.29, 1.82) is 0 Å². The Morgan fingerprint density at radius 1 is 1.10 bits per heavy atom. The molecule has 0 spiro atoms. The van der Waals surface area contributed by atoms with Crippen LogP contribution in [-0.4, -0.2) is 37.1 Å². The first-order valence-corrected chi connectivity index (χ1v) is 7.18. The average molecular weight is 305 g/mol. The lowest BCUT2D eigenvalue weighted by atomic mass is 10.1. The van der Waals surface area contributed by atoms with Crippen molar-refractivity contribution in [2.24, 2.45) is 0 Å². The number of hydrogen-bond donors (Lipinski definition) is 0. The topological polar surface area (TPSA) is 6.48 Å². The lowest BCUT2D eigenvalue weighted by molar-refractivity contribution is -0.137. The molecule has 1 atom stereocenters. The highest BCUT2D eigenvalue weighted by atomic mass is 35.5. The van der Waals surface area contributed by atoms with Gasteiger partial charge in [0.15, 0.2) is 0 Å². The molecule has 1 aromatic rings. The molecule has 2 aliphatic heterocycles. The van der Waals surface area contributed by atoms with Crippen LogP contribution in [0.3, 0.4) is 0 Å². The number of rotatable bonds is 1. The molecule has 0 aliphatic carbocycles. The third-order valence-corrected chi connectivity index (χ3v) is 4.38. The van der Waals surface area contributed by atoms with Gasteiger partial charge in [-0.3, -0.25) is 4.90 Å². The number of alkyl halides is 3. The Morgan fingerprint density at radius 3 is 2.65 bits per heavy atom. The molecular formula is C14H16ClF3N2. The fraction of sp³-hybridized carbons (Fsp3) is 0.571. The van der Waals surface area contributed by atoms with E-state index in [1.165, 1.54) is 12.5 Å². The maximum absolute atomic E-state index is 12.8. The Morgan fingerprint density at radius 2 is 1.90 bits per heavy atom. The Bertz CT molecular complexity index is 504. The second-order valence-electron chi connectivity index (χ2n) is 5.47. The van der Waals surface area contributed by atoms with Gasteiger partial charge in [-0.15, -0.1) is 0 Å². The zero-order valence-corrected chi connectivity index (χ0v) is 11.7. The average Bonchev–Trinajstić information content (AvgIpc) is 2.84. The molecule has 6 heteroatoms. The van der Waals surface area contributed by atoms with Crippen LogP contribution in [0.25, 0.3) is 0 Å². The smallest absolute Gasteiger partial charge is 0.369 e. The van der Waals surface area contributed by atoms with E-state index < -0.39 is 11.7 Å². The highest BCUT2D eigenvalue weighted by Gasteiger charge is 2.34. The molecule has 2 heterocycles. The van der Waals surface area contributed by atoms with Crippen LogP contribution in [0.15, 0.2) is 18.2 Å². The van der Waals surface area contributed by atoms with Gasteiger partial charge in [-0.2, -0.15) is 13.2 Å². The first-order valence-electron chi connectivity index (χ1n) is 6.80. The van der Waals surface area contributed by atoms with E-state index in [2.05, 4.69) is 4.90 Å². The molecule has 0 bridgehead atoms. The lowest BCUT2D eigenvalue weighted by Gasteiger charge is -2.39. The molecule has 0 aromatic heterocycles. The second kappa shape index (κ2) is 5.11. The summed E-state index contributed by atoms with van der Waals surface area (Å²) in [5.41, 5.74) is -0.0924. The highest BCUT2D eigenvalue weighted by molar-refractivity contribution is 6.30. The van der Waals surface area contributed by atoms with E-state index >= 15 is 0 Å². The Labute approximate surface area is 121 Å². The van der Waals surface area contributed by atoms with Crippen molar-refractivity contribution in [3.8, 4) is 0 Å². The molecule has 2 fully saturated rings. The van der Waals surface area contributed by atoms with Gasteiger partial charge in [0.2, 0.25) is 0 Å². The molecule has 110 valence electrons. The van der Waals surface area contributed by atoms with E-state index in [-0.39, 0.29) is 5.02 Å². The maximum atomic E-state index is 12.8. The van der Waals surface area contributed by atoms with Crippen LogP contribution in [-0.2, 0) is 6.18 Å². The number of anilines is 1. The molecular weight excluding hydrogens is 289 g/mol. The van der Waals surface area contributed by atoms with Crippen LogP contribution in [0, 0.1) is 0 Å². The highest BCUT2D eigenvalue weighted by Crippen LogP contribution is 2.35. The van der Waals surface area contributed by atoms with Crippen molar-refractivity contribution in [2.45, 2.75) is 25.1 Å². The number of piperazine rings is 1. The quantitative estimate of drug-likeness (QED) is 0.781. The first-order chi connectivity index (χ1) is 9.43. The van der Waals surface area contributed by atoms with Gasteiger partial charge in [0.1, 0.15) is 0 Å². The molecule has 0 saturated carbocycles. The summed E-state index contributed by atoms with van der Waals surface area (Å²) in [6.07, 6.45) is -2.04. The van der Waals surface area contributed by atoms with Crippen molar-refractivity contribution < 1.29 is 13.2 Å². The van der Waals surface area contributed by atoms with E-state index in [0.29, 0.717) is 11.7 Å². The summed E-state index contributed by atoms with van der Waals surface area (Å²) in [5, 5.41) is 0.142. The van der Waals surface area contributed by atoms with Gasteiger partial charge >= 0.3 is 6.18 Å². The molecule has 1 unspecified atom stereocenters. The predicted molar refractivity (Wildman–Crippen MR) is 73.3 cm³/mol. The standard InChI is InChI=1S/C14H16ClF3N2/c15-11-6-10(14(16,17)18)7-13(8-11)20-5-4-19-3-1-2-12(19)9-20/h6-8,12H,1-5,9H2. The molecule has 2 saturated heterocycles. The van der Waals surface area contributed by atoms with Gasteiger partial charge < -0.3 is 4.90 Å². The molecule has 1 aromatic carbocycles. The molecule has 0 radical (unpaired) electrons.